The lowest BCUT2D eigenvalue weighted by Gasteiger charge is -2.06. The summed E-state index contributed by atoms with van der Waals surface area (Å²) in [5.74, 6) is 0. The van der Waals surface area contributed by atoms with Crippen molar-refractivity contribution in [2.45, 2.75) is 13.2 Å². The highest BCUT2D eigenvalue weighted by molar-refractivity contribution is 5.70. The Labute approximate surface area is 144 Å². The van der Waals surface area contributed by atoms with Gasteiger partial charge in [-0.2, -0.15) is 4.98 Å². The van der Waals surface area contributed by atoms with Crippen molar-refractivity contribution in [3.05, 3.63) is 83.6 Å². The summed E-state index contributed by atoms with van der Waals surface area (Å²) in [5, 5.41) is 8.00. The monoisotopic (exact) mass is 331 g/mol. The molecule has 4 rings (SSSR count). The van der Waals surface area contributed by atoms with E-state index in [-0.39, 0.29) is 5.49 Å². The van der Waals surface area contributed by atoms with Crippen LogP contribution in [0, 0.1) is 5.41 Å². The van der Waals surface area contributed by atoms with Gasteiger partial charge in [-0.05, 0) is 11.1 Å². The number of aromatic nitrogens is 4. The fourth-order valence-corrected chi connectivity index (χ4v) is 2.65. The average molecular weight is 331 g/mol. The van der Waals surface area contributed by atoms with Crippen molar-refractivity contribution in [3.8, 4) is 6.01 Å². The molecule has 4 aromatic rings. The van der Waals surface area contributed by atoms with Crippen LogP contribution >= 0.6 is 0 Å². The first-order valence-corrected chi connectivity index (χ1v) is 8.00. The molecule has 2 N–H and O–H groups in total. The van der Waals surface area contributed by atoms with Gasteiger partial charge in [0.1, 0.15) is 12.1 Å². The van der Waals surface area contributed by atoms with Gasteiger partial charge < -0.3 is 14.3 Å². The number of hydrogen-bond acceptors (Lipinski definition) is 4. The lowest BCUT2D eigenvalue weighted by atomic mass is 10.2. The number of fused-ring (bicyclic) bond motifs is 1. The van der Waals surface area contributed by atoms with Crippen LogP contribution in [-0.2, 0) is 13.2 Å². The first kappa shape index (κ1) is 15.1. The van der Waals surface area contributed by atoms with Crippen LogP contribution in [0.5, 0.6) is 6.01 Å². The third-order valence-electron chi connectivity index (χ3n) is 3.91. The smallest absolute Gasteiger partial charge is 0.296 e. The minimum Gasteiger partial charge on any atom is -0.460 e. The molecule has 0 fully saturated rings. The van der Waals surface area contributed by atoms with E-state index >= 15 is 0 Å². The molecule has 0 amide bonds. The van der Waals surface area contributed by atoms with Crippen molar-refractivity contribution in [3.63, 3.8) is 0 Å². The molecule has 6 heteroatoms. The normalized spacial score (nSPS) is 10.9. The van der Waals surface area contributed by atoms with E-state index in [1.165, 1.54) is 0 Å². The van der Waals surface area contributed by atoms with Gasteiger partial charge in [-0.25, -0.2) is 4.98 Å². The highest BCUT2D eigenvalue weighted by Crippen LogP contribution is 2.15. The van der Waals surface area contributed by atoms with Crippen molar-refractivity contribution in [2.75, 3.05) is 0 Å². The number of rotatable bonds is 5. The Morgan fingerprint density at radius 2 is 1.64 bits per heavy atom. The molecule has 124 valence electrons. The molecule has 0 saturated heterocycles. The predicted molar refractivity (Wildman–Crippen MR) is 94.1 cm³/mol. The van der Waals surface area contributed by atoms with E-state index in [9.17, 15) is 0 Å². The van der Waals surface area contributed by atoms with Crippen LogP contribution in [0.1, 0.15) is 11.1 Å². The molecule has 0 saturated carbocycles. The number of ether oxygens (including phenoxy) is 1. The Kier molecular flexibility index (Phi) is 4.00. The molecular weight excluding hydrogens is 314 g/mol. The van der Waals surface area contributed by atoms with E-state index in [4.69, 9.17) is 10.1 Å². The number of nitrogens with zero attached hydrogens (tertiary/aromatic N) is 3. The number of imidazole rings is 1. The Bertz CT molecular complexity index is 1040. The first-order valence-electron chi connectivity index (χ1n) is 8.00. The number of H-pyrrole nitrogens is 1. The molecule has 0 radical (unpaired) electrons. The Hall–Kier alpha value is -3.41. The van der Waals surface area contributed by atoms with E-state index < -0.39 is 0 Å². The summed E-state index contributed by atoms with van der Waals surface area (Å²) < 4.78 is 7.66. The van der Waals surface area contributed by atoms with Crippen molar-refractivity contribution >= 4 is 11.2 Å². The zero-order valence-corrected chi connectivity index (χ0v) is 13.5. The summed E-state index contributed by atoms with van der Waals surface area (Å²) in [6.45, 7) is 1.05. The van der Waals surface area contributed by atoms with Crippen LogP contribution < -0.4 is 10.2 Å². The van der Waals surface area contributed by atoms with Crippen molar-refractivity contribution < 1.29 is 4.74 Å². The summed E-state index contributed by atoms with van der Waals surface area (Å²) in [7, 11) is 0. The number of benzene rings is 2. The molecule has 0 aliphatic rings. The molecule has 0 bridgehead atoms. The van der Waals surface area contributed by atoms with Gasteiger partial charge in [-0.15, -0.1) is 0 Å². The van der Waals surface area contributed by atoms with Crippen LogP contribution in [0.15, 0.2) is 67.0 Å². The summed E-state index contributed by atoms with van der Waals surface area (Å²) in [6, 6.07) is 20.4. The van der Waals surface area contributed by atoms with Crippen molar-refractivity contribution in [1.29, 1.82) is 5.41 Å². The maximum Gasteiger partial charge on any atom is 0.296 e. The van der Waals surface area contributed by atoms with Gasteiger partial charge in [-0.3, -0.25) is 5.41 Å². The van der Waals surface area contributed by atoms with E-state index in [1.807, 2.05) is 65.2 Å². The SMILES string of the molecule is N=c1ncn(Cc2ccccc2)c2nc(OCc3ccccc3)[nH]c12. The zero-order chi connectivity index (χ0) is 17.1. The van der Waals surface area contributed by atoms with Gasteiger partial charge in [0.2, 0.25) is 0 Å². The molecule has 2 aromatic carbocycles. The van der Waals surface area contributed by atoms with Crippen molar-refractivity contribution in [1.82, 2.24) is 19.5 Å². The molecule has 6 nitrogen and oxygen atoms in total. The highest BCUT2D eigenvalue weighted by Gasteiger charge is 2.10. The summed E-state index contributed by atoms with van der Waals surface area (Å²) in [5.41, 5.74) is 3.59. The zero-order valence-electron chi connectivity index (χ0n) is 13.5. The standard InChI is InChI=1S/C19H17N5O/c20-17-16-18(24(13-21-17)11-14-7-3-1-4-8-14)23-19(22-16)25-12-15-9-5-2-6-10-15/h1-10,13,20H,11-12H2,(H,22,23). The predicted octanol–water partition coefficient (Wildman–Crippen LogP) is 2.87. The van der Waals surface area contributed by atoms with Gasteiger partial charge in [0.05, 0.1) is 12.9 Å². The second kappa shape index (κ2) is 6.60. The van der Waals surface area contributed by atoms with E-state index in [0.717, 1.165) is 11.1 Å². The summed E-state index contributed by atoms with van der Waals surface area (Å²) in [6.07, 6.45) is 1.64. The minimum absolute atomic E-state index is 0.154. The topological polar surface area (TPSA) is 79.6 Å². The summed E-state index contributed by atoms with van der Waals surface area (Å²) in [4.78, 5) is 11.7. The Morgan fingerprint density at radius 1 is 0.960 bits per heavy atom. The lowest BCUT2D eigenvalue weighted by molar-refractivity contribution is 0.284. The van der Waals surface area contributed by atoms with Gasteiger partial charge in [0, 0.05) is 0 Å². The van der Waals surface area contributed by atoms with Crippen LogP contribution in [0.3, 0.4) is 0 Å². The van der Waals surface area contributed by atoms with Crippen LogP contribution in [0.2, 0.25) is 0 Å². The van der Waals surface area contributed by atoms with Crippen LogP contribution in [-0.4, -0.2) is 19.5 Å². The van der Waals surface area contributed by atoms with E-state index in [0.29, 0.717) is 30.3 Å². The average Bonchev–Trinajstić information content (AvgIpc) is 3.10. The highest BCUT2D eigenvalue weighted by atomic mass is 16.5. The molecular formula is C19H17N5O. The van der Waals surface area contributed by atoms with E-state index in [1.54, 1.807) is 6.33 Å². The number of hydrogen-bond donors (Lipinski definition) is 2. The quantitative estimate of drug-likeness (QED) is 0.590. The van der Waals surface area contributed by atoms with Crippen molar-refractivity contribution in [2.24, 2.45) is 0 Å². The number of nitrogens with one attached hydrogen (secondary N) is 2. The minimum atomic E-state index is 0.154. The fraction of sp³-hybridized carbons (Fsp3) is 0.105. The number of aromatic amines is 1. The molecule has 0 spiro atoms. The van der Waals surface area contributed by atoms with Gasteiger partial charge in [0.25, 0.3) is 6.01 Å². The van der Waals surface area contributed by atoms with Gasteiger partial charge in [0.15, 0.2) is 11.1 Å². The maximum absolute atomic E-state index is 8.00. The largest absolute Gasteiger partial charge is 0.460 e. The summed E-state index contributed by atoms with van der Waals surface area (Å²) >= 11 is 0. The Balaban J connectivity index is 1.63. The molecule has 0 aliphatic carbocycles. The lowest BCUT2D eigenvalue weighted by Crippen LogP contribution is -2.13. The molecule has 0 aliphatic heterocycles. The molecule has 0 atom stereocenters. The van der Waals surface area contributed by atoms with E-state index in [2.05, 4.69) is 15.0 Å². The molecule has 2 heterocycles. The van der Waals surface area contributed by atoms with Crippen LogP contribution in [0.4, 0.5) is 0 Å². The fourth-order valence-electron chi connectivity index (χ4n) is 2.65. The molecule has 25 heavy (non-hydrogen) atoms. The molecule has 2 aromatic heterocycles. The first-order chi connectivity index (χ1) is 12.3. The Morgan fingerprint density at radius 3 is 2.36 bits per heavy atom. The van der Waals surface area contributed by atoms with Crippen LogP contribution in [0.25, 0.3) is 11.2 Å². The second-order valence-electron chi connectivity index (χ2n) is 5.72. The van der Waals surface area contributed by atoms with Gasteiger partial charge in [-0.1, -0.05) is 60.7 Å². The second-order valence-corrected chi connectivity index (χ2v) is 5.72. The third-order valence-corrected chi connectivity index (χ3v) is 3.91. The third kappa shape index (κ3) is 3.28. The molecule has 0 unspecified atom stereocenters. The maximum atomic E-state index is 8.00. The van der Waals surface area contributed by atoms with Gasteiger partial charge >= 0.3 is 0 Å².